The Morgan fingerprint density at radius 1 is 1.14 bits per heavy atom. The van der Waals surface area contributed by atoms with Gasteiger partial charge in [0.25, 0.3) is 0 Å². The Morgan fingerprint density at radius 2 is 1.95 bits per heavy atom. The predicted octanol–water partition coefficient (Wildman–Crippen LogP) is 3.88. The monoisotopic (exact) mass is 281 g/mol. The maximum atomic E-state index is 13.7. The molecule has 3 nitrogen and oxygen atoms in total. The molecule has 0 aliphatic carbocycles. The second-order valence-electron chi connectivity index (χ2n) is 5.02. The summed E-state index contributed by atoms with van der Waals surface area (Å²) >= 11 is 0. The number of hydrogen-bond acceptors (Lipinski definition) is 3. The van der Waals surface area contributed by atoms with Gasteiger partial charge in [-0.25, -0.2) is 4.39 Å². The Kier molecular flexibility index (Phi) is 3.44. The quantitative estimate of drug-likeness (QED) is 0.716. The van der Waals surface area contributed by atoms with E-state index in [2.05, 4.69) is 10.3 Å². The van der Waals surface area contributed by atoms with Crippen LogP contribution in [0.3, 0.4) is 0 Å². The lowest BCUT2D eigenvalue weighted by Crippen LogP contribution is -2.03. The van der Waals surface area contributed by atoms with Gasteiger partial charge in [-0.2, -0.15) is 0 Å². The zero-order valence-corrected chi connectivity index (χ0v) is 11.7. The topological polar surface area (TPSA) is 50.9 Å². The fourth-order valence-corrected chi connectivity index (χ4v) is 2.35. The number of nitrogens with one attached hydrogen (secondary N) is 1. The van der Waals surface area contributed by atoms with Crippen molar-refractivity contribution in [1.29, 1.82) is 0 Å². The number of aromatic nitrogens is 1. The number of rotatable bonds is 3. The number of nitrogen functional groups attached to an aromatic ring is 1. The smallest absolute Gasteiger partial charge is 0.128 e. The first-order chi connectivity index (χ1) is 10.1. The number of hydrogen-bond donors (Lipinski definition) is 2. The second kappa shape index (κ2) is 5.40. The average molecular weight is 281 g/mol. The Hall–Kier alpha value is -2.62. The first-order valence-electron chi connectivity index (χ1n) is 6.77. The Labute approximate surface area is 122 Å². The molecule has 0 saturated carbocycles. The molecule has 0 saturated heterocycles. The molecule has 0 amide bonds. The van der Waals surface area contributed by atoms with E-state index in [1.807, 2.05) is 31.2 Å². The van der Waals surface area contributed by atoms with Crippen LogP contribution in [0.15, 0.2) is 48.7 Å². The lowest BCUT2D eigenvalue weighted by Gasteiger charge is -2.12. The molecule has 21 heavy (non-hydrogen) atoms. The summed E-state index contributed by atoms with van der Waals surface area (Å²) in [6.07, 6.45) is 1.77. The molecule has 0 aliphatic rings. The van der Waals surface area contributed by atoms with Crippen LogP contribution in [-0.2, 0) is 6.54 Å². The van der Waals surface area contributed by atoms with Gasteiger partial charge in [0.1, 0.15) is 5.82 Å². The number of halogens is 1. The summed E-state index contributed by atoms with van der Waals surface area (Å²) in [4.78, 5) is 4.27. The van der Waals surface area contributed by atoms with E-state index in [-0.39, 0.29) is 5.82 Å². The van der Waals surface area contributed by atoms with Gasteiger partial charge in [-0.1, -0.05) is 18.2 Å². The largest absolute Gasteiger partial charge is 0.398 e. The Balaban J connectivity index is 1.96. The number of pyridine rings is 1. The van der Waals surface area contributed by atoms with Gasteiger partial charge >= 0.3 is 0 Å². The number of benzene rings is 2. The van der Waals surface area contributed by atoms with E-state index < -0.39 is 0 Å². The number of anilines is 2. The first kappa shape index (κ1) is 13.4. The van der Waals surface area contributed by atoms with Gasteiger partial charge in [0.05, 0.1) is 0 Å². The average Bonchev–Trinajstić information content (AvgIpc) is 2.48. The summed E-state index contributed by atoms with van der Waals surface area (Å²) in [6, 6.07) is 12.5. The van der Waals surface area contributed by atoms with Crippen molar-refractivity contribution in [3.05, 3.63) is 65.7 Å². The molecule has 0 aliphatic heterocycles. The van der Waals surface area contributed by atoms with E-state index in [4.69, 9.17) is 5.73 Å². The summed E-state index contributed by atoms with van der Waals surface area (Å²) in [5, 5.41) is 5.18. The molecule has 0 fully saturated rings. The van der Waals surface area contributed by atoms with Crippen LogP contribution >= 0.6 is 0 Å². The standard InChI is InChI=1S/C17H16FN3/c1-11-8-13-14(10-20-11)16(19)6-7-17(13)21-9-12-4-2-3-5-15(12)18/h2-8,10,21H,9,19H2,1H3. The van der Waals surface area contributed by atoms with Crippen LogP contribution in [0.5, 0.6) is 0 Å². The van der Waals surface area contributed by atoms with Crippen LogP contribution in [0.4, 0.5) is 15.8 Å². The maximum Gasteiger partial charge on any atom is 0.128 e. The van der Waals surface area contributed by atoms with E-state index in [0.29, 0.717) is 17.8 Å². The minimum atomic E-state index is -0.206. The van der Waals surface area contributed by atoms with E-state index in [1.165, 1.54) is 6.07 Å². The van der Waals surface area contributed by atoms with Crippen molar-refractivity contribution in [3.8, 4) is 0 Å². The molecular weight excluding hydrogens is 265 g/mol. The van der Waals surface area contributed by atoms with E-state index in [9.17, 15) is 4.39 Å². The fraction of sp³-hybridized carbons (Fsp3) is 0.118. The van der Waals surface area contributed by atoms with Gasteiger partial charge in [-0.05, 0) is 31.2 Å². The maximum absolute atomic E-state index is 13.7. The van der Waals surface area contributed by atoms with Crippen molar-refractivity contribution in [1.82, 2.24) is 4.98 Å². The number of nitrogens with zero attached hydrogens (tertiary/aromatic N) is 1. The van der Waals surface area contributed by atoms with Crippen LogP contribution in [0.1, 0.15) is 11.3 Å². The van der Waals surface area contributed by atoms with Crippen molar-refractivity contribution in [2.45, 2.75) is 13.5 Å². The number of nitrogens with two attached hydrogens (primary N) is 1. The number of aryl methyl sites for hydroxylation is 1. The normalized spacial score (nSPS) is 10.8. The summed E-state index contributed by atoms with van der Waals surface area (Å²) in [6.45, 7) is 2.36. The molecule has 0 spiro atoms. The van der Waals surface area contributed by atoms with Crippen molar-refractivity contribution in [2.75, 3.05) is 11.1 Å². The summed E-state index contributed by atoms with van der Waals surface area (Å²) in [5.74, 6) is -0.206. The first-order valence-corrected chi connectivity index (χ1v) is 6.77. The predicted molar refractivity (Wildman–Crippen MR) is 84.6 cm³/mol. The zero-order chi connectivity index (χ0) is 14.8. The second-order valence-corrected chi connectivity index (χ2v) is 5.02. The van der Waals surface area contributed by atoms with Crippen LogP contribution in [0.2, 0.25) is 0 Å². The van der Waals surface area contributed by atoms with Crippen LogP contribution in [0.25, 0.3) is 10.8 Å². The fourth-order valence-electron chi connectivity index (χ4n) is 2.35. The minimum Gasteiger partial charge on any atom is -0.398 e. The van der Waals surface area contributed by atoms with Gasteiger partial charge in [0.15, 0.2) is 0 Å². The molecule has 106 valence electrons. The third-order valence-corrected chi connectivity index (χ3v) is 3.50. The molecule has 0 radical (unpaired) electrons. The van der Waals surface area contributed by atoms with Crippen LogP contribution in [0, 0.1) is 12.7 Å². The highest BCUT2D eigenvalue weighted by molar-refractivity contribution is 6.00. The summed E-state index contributed by atoms with van der Waals surface area (Å²) < 4.78 is 13.7. The van der Waals surface area contributed by atoms with Gasteiger partial charge < -0.3 is 11.1 Å². The van der Waals surface area contributed by atoms with E-state index in [1.54, 1.807) is 18.3 Å². The summed E-state index contributed by atoms with van der Waals surface area (Å²) in [5.41, 5.74) is 9.14. The molecule has 1 heterocycles. The zero-order valence-electron chi connectivity index (χ0n) is 11.7. The third-order valence-electron chi connectivity index (χ3n) is 3.50. The van der Waals surface area contributed by atoms with Crippen molar-refractivity contribution in [3.63, 3.8) is 0 Å². The lowest BCUT2D eigenvalue weighted by molar-refractivity contribution is 0.613. The Morgan fingerprint density at radius 3 is 2.76 bits per heavy atom. The minimum absolute atomic E-state index is 0.206. The molecular formula is C17H16FN3. The molecule has 3 aromatic rings. The highest BCUT2D eigenvalue weighted by atomic mass is 19.1. The Bertz CT molecular complexity index is 799. The van der Waals surface area contributed by atoms with Crippen molar-refractivity contribution in [2.24, 2.45) is 0 Å². The van der Waals surface area contributed by atoms with Gasteiger partial charge in [0.2, 0.25) is 0 Å². The van der Waals surface area contributed by atoms with Gasteiger partial charge in [-0.15, -0.1) is 0 Å². The van der Waals surface area contributed by atoms with E-state index >= 15 is 0 Å². The van der Waals surface area contributed by atoms with Crippen molar-refractivity contribution < 1.29 is 4.39 Å². The molecule has 0 bridgehead atoms. The summed E-state index contributed by atoms with van der Waals surface area (Å²) in [7, 11) is 0. The number of fused-ring (bicyclic) bond motifs is 1. The van der Waals surface area contributed by atoms with Gasteiger partial charge in [0, 0.05) is 46.1 Å². The highest BCUT2D eigenvalue weighted by Gasteiger charge is 2.06. The molecule has 1 aromatic heterocycles. The van der Waals surface area contributed by atoms with Crippen LogP contribution in [-0.4, -0.2) is 4.98 Å². The van der Waals surface area contributed by atoms with Gasteiger partial charge in [-0.3, -0.25) is 4.98 Å². The molecule has 3 N–H and O–H groups in total. The molecule has 2 aromatic carbocycles. The highest BCUT2D eigenvalue weighted by Crippen LogP contribution is 2.28. The molecule has 0 unspecified atom stereocenters. The SMILES string of the molecule is Cc1cc2c(NCc3ccccc3F)ccc(N)c2cn1. The molecule has 3 rings (SSSR count). The molecule has 4 heteroatoms. The van der Waals surface area contributed by atoms with E-state index in [0.717, 1.165) is 22.2 Å². The molecule has 0 atom stereocenters. The van der Waals surface area contributed by atoms with Crippen LogP contribution < -0.4 is 11.1 Å². The van der Waals surface area contributed by atoms with Crippen molar-refractivity contribution >= 4 is 22.1 Å². The lowest BCUT2D eigenvalue weighted by atomic mass is 10.1. The third kappa shape index (κ3) is 2.65.